The molecule has 0 radical (unpaired) electrons. The summed E-state index contributed by atoms with van der Waals surface area (Å²) >= 11 is 6.92. The lowest BCUT2D eigenvalue weighted by Gasteiger charge is -2.17. The van der Waals surface area contributed by atoms with Crippen LogP contribution in [0.5, 0.6) is 0 Å². The molecule has 54 valence electrons. The van der Waals surface area contributed by atoms with Gasteiger partial charge in [0, 0.05) is 5.41 Å². The predicted octanol–water partition coefficient (Wildman–Crippen LogP) is 3.11. The Bertz CT molecular complexity index is 100.0. The van der Waals surface area contributed by atoms with Crippen LogP contribution in [-0.2, 0) is 0 Å². The van der Waals surface area contributed by atoms with E-state index in [0.29, 0.717) is 0 Å². The molecule has 0 rings (SSSR count). The molecule has 0 amide bonds. The predicted molar refractivity (Wildman–Crippen MR) is 50.2 cm³/mol. The third-order valence-corrected chi connectivity index (χ3v) is 3.02. The number of rotatable bonds is 1. The smallest absolute Gasteiger partial charge is 0.0532 e. The van der Waals surface area contributed by atoms with E-state index in [-0.39, 0.29) is 5.41 Å². The average molecular weight is 162 g/mol. The van der Waals surface area contributed by atoms with Crippen LogP contribution in [0.2, 0.25) is 0 Å². The van der Waals surface area contributed by atoms with Crippen molar-refractivity contribution in [3.05, 3.63) is 0 Å². The Morgan fingerprint density at radius 1 is 1.44 bits per heavy atom. The summed E-state index contributed by atoms with van der Waals surface area (Å²) in [5.74, 6) is 1.09. The molecule has 0 heterocycles. The Morgan fingerprint density at radius 2 is 1.89 bits per heavy atom. The van der Waals surface area contributed by atoms with Gasteiger partial charge in [0.2, 0.25) is 0 Å². The summed E-state index contributed by atoms with van der Waals surface area (Å²) in [6, 6.07) is 0. The number of hydrogen-bond donors (Lipinski definition) is 0. The molecule has 0 fully saturated rings. The standard InChI is InChI=1S/C7H14S2/c1-5-9-6(8)7(2,3)4/h5H2,1-4H3. The van der Waals surface area contributed by atoms with Gasteiger partial charge in [0.25, 0.3) is 0 Å². The molecule has 0 bridgehead atoms. The molecular weight excluding hydrogens is 148 g/mol. The maximum Gasteiger partial charge on any atom is 0.0532 e. The van der Waals surface area contributed by atoms with Crippen molar-refractivity contribution in [2.75, 3.05) is 5.75 Å². The molecular formula is C7H14S2. The Balaban J connectivity index is 3.74. The van der Waals surface area contributed by atoms with Crippen molar-refractivity contribution in [1.82, 2.24) is 0 Å². The van der Waals surface area contributed by atoms with E-state index in [0.717, 1.165) is 9.95 Å². The molecule has 0 aromatic rings. The van der Waals surface area contributed by atoms with Crippen LogP contribution < -0.4 is 0 Å². The highest BCUT2D eigenvalue weighted by Gasteiger charge is 2.15. The fourth-order valence-electron chi connectivity index (χ4n) is 0.348. The Hall–Kier alpha value is 0.440. The van der Waals surface area contributed by atoms with Gasteiger partial charge in [-0.15, -0.1) is 11.8 Å². The molecule has 0 N–H and O–H groups in total. The highest BCUT2D eigenvalue weighted by Crippen LogP contribution is 2.24. The van der Waals surface area contributed by atoms with Crippen LogP contribution in [0.1, 0.15) is 27.7 Å². The van der Waals surface area contributed by atoms with Crippen LogP contribution in [0, 0.1) is 5.41 Å². The second kappa shape index (κ2) is 3.57. The fraction of sp³-hybridized carbons (Fsp3) is 0.857. The first-order valence-corrected chi connectivity index (χ1v) is 4.55. The zero-order valence-electron chi connectivity index (χ0n) is 6.52. The maximum atomic E-state index is 5.15. The van der Waals surface area contributed by atoms with Crippen LogP contribution in [0.3, 0.4) is 0 Å². The van der Waals surface area contributed by atoms with Crippen LogP contribution in [0.4, 0.5) is 0 Å². The highest BCUT2D eigenvalue weighted by atomic mass is 32.2. The molecule has 0 saturated heterocycles. The summed E-state index contributed by atoms with van der Waals surface area (Å²) in [4.78, 5) is 0. The molecule has 0 aromatic heterocycles. The molecule has 0 aliphatic heterocycles. The van der Waals surface area contributed by atoms with Gasteiger partial charge in [-0.3, -0.25) is 0 Å². The first kappa shape index (κ1) is 9.44. The molecule has 0 aromatic carbocycles. The summed E-state index contributed by atoms with van der Waals surface area (Å²) in [6.07, 6.45) is 0. The van der Waals surface area contributed by atoms with E-state index in [2.05, 4.69) is 27.7 Å². The van der Waals surface area contributed by atoms with E-state index in [9.17, 15) is 0 Å². The van der Waals surface area contributed by atoms with Gasteiger partial charge < -0.3 is 0 Å². The molecule has 0 atom stereocenters. The van der Waals surface area contributed by atoms with E-state index in [4.69, 9.17) is 12.2 Å². The monoisotopic (exact) mass is 162 g/mol. The minimum absolute atomic E-state index is 0.204. The fourth-order valence-corrected chi connectivity index (χ4v) is 1.40. The van der Waals surface area contributed by atoms with Gasteiger partial charge in [-0.1, -0.05) is 39.9 Å². The lowest BCUT2D eigenvalue weighted by atomic mass is 10.0. The first-order chi connectivity index (χ1) is 3.98. The lowest BCUT2D eigenvalue weighted by molar-refractivity contribution is 0.610. The van der Waals surface area contributed by atoms with Gasteiger partial charge in [-0.2, -0.15) is 0 Å². The summed E-state index contributed by atoms with van der Waals surface area (Å²) in [6.45, 7) is 8.58. The quantitative estimate of drug-likeness (QED) is 0.543. The summed E-state index contributed by atoms with van der Waals surface area (Å²) < 4.78 is 1.12. The maximum absolute atomic E-state index is 5.15. The Kier molecular flexibility index (Phi) is 3.74. The number of thioether (sulfide) groups is 1. The van der Waals surface area contributed by atoms with Gasteiger partial charge in [0.15, 0.2) is 0 Å². The number of thiocarbonyl (C=S) groups is 1. The zero-order valence-corrected chi connectivity index (χ0v) is 8.16. The van der Waals surface area contributed by atoms with Crippen molar-refractivity contribution in [3.63, 3.8) is 0 Å². The van der Waals surface area contributed by atoms with Crippen molar-refractivity contribution in [1.29, 1.82) is 0 Å². The highest BCUT2D eigenvalue weighted by molar-refractivity contribution is 8.23. The zero-order chi connectivity index (χ0) is 7.49. The summed E-state index contributed by atoms with van der Waals surface area (Å²) in [5, 5.41) is 0. The Labute approximate surface area is 67.4 Å². The van der Waals surface area contributed by atoms with Crippen molar-refractivity contribution in [2.24, 2.45) is 5.41 Å². The van der Waals surface area contributed by atoms with Gasteiger partial charge in [0.1, 0.15) is 0 Å². The van der Waals surface area contributed by atoms with Gasteiger partial charge in [-0.05, 0) is 5.75 Å². The third kappa shape index (κ3) is 3.93. The summed E-state index contributed by atoms with van der Waals surface area (Å²) in [5.41, 5.74) is 0.204. The topological polar surface area (TPSA) is 0 Å². The largest absolute Gasteiger partial charge is 0.119 e. The van der Waals surface area contributed by atoms with E-state index in [1.54, 1.807) is 11.8 Å². The van der Waals surface area contributed by atoms with Gasteiger partial charge in [-0.25, -0.2) is 0 Å². The van der Waals surface area contributed by atoms with Crippen LogP contribution in [0.25, 0.3) is 0 Å². The van der Waals surface area contributed by atoms with Crippen LogP contribution >= 0.6 is 24.0 Å². The molecule has 0 aliphatic carbocycles. The Morgan fingerprint density at radius 3 is 2.00 bits per heavy atom. The van der Waals surface area contributed by atoms with Crippen LogP contribution in [-0.4, -0.2) is 9.95 Å². The number of hydrogen-bond acceptors (Lipinski definition) is 2. The van der Waals surface area contributed by atoms with Gasteiger partial charge >= 0.3 is 0 Å². The summed E-state index contributed by atoms with van der Waals surface area (Å²) in [7, 11) is 0. The SMILES string of the molecule is CCSC(=S)C(C)(C)C. The van der Waals surface area contributed by atoms with Gasteiger partial charge in [0.05, 0.1) is 4.20 Å². The third-order valence-electron chi connectivity index (χ3n) is 0.888. The molecule has 9 heavy (non-hydrogen) atoms. The van der Waals surface area contributed by atoms with Crippen molar-refractivity contribution < 1.29 is 0 Å². The van der Waals surface area contributed by atoms with E-state index < -0.39 is 0 Å². The molecule has 0 nitrogen and oxygen atoms in total. The van der Waals surface area contributed by atoms with E-state index in [1.807, 2.05) is 0 Å². The van der Waals surface area contributed by atoms with E-state index >= 15 is 0 Å². The second-order valence-electron chi connectivity index (χ2n) is 2.97. The average Bonchev–Trinajstić information content (AvgIpc) is 1.64. The minimum Gasteiger partial charge on any atom is -0.119 e. The molecule has 0 unspecified atom stereocenters. The minimum atomic E-state index is 0.204. The van der Waals surface area contributed by atoms with Crippen molar-refractivity contribution >= 4 is 28.2 Å². The van der Waals surface area contributed by atoms with Crippen molar-refractivity contribution in [3.8, 4) is 0 Å². The molecule has 0 saturated carbocycles. The molecule has 0 spiro atoms. The second-order valence-corrected chi connectivity index (χ2v) is 4.91. The molecule has 0 aliphatic rings. The normalized spacial score (nSPS) is 11.6. The lowest BCUT2D eigenvalue weighted by Crippen LogP contribution is -2.14. The first-order valence-electron chi connectivity index (χ1n) is 3.15. The van der Waals surface area contributed by atoms with Crippen molar-refractivity contribution in [2.45, 2.75) is 27.7 Å². The van der Waals surface area contributed by atoms with Crippen LogP contribution in [0.15, 0.2) is 0 Å². The van der Waals surface area contributed by atoms with E-state index in [1.165, 1.54) is 0 Å². The molecule has 2 heteroatoms.